The Morgan fingerprint density at radius 3 is 2.94 bits per heavy atom. The van der Waals surface area contributed by atoms with Crippen molar-refractivity contribution in [3.63, 3.8) is 0 Å². The van der Waals surface area contributed by atoms with E-state index in [4.69, 9.17) is 22.7 Å². The van der Waals surface area contributed by atoms with E-state index in [0.717, 1.165) is 43.9 Å². The van der Waals surface area contributed by atoms with Crippen molar-refractivity contribution >= 4 is 17.2 Å². The minimum absolute atomic E-state index is 0.367. The van der Waals surface area contributed by atoms with E-state index in [1.54, 1.807) is 6.20 Å². The summed E-state index contributed by atoms with van der Waals surface area (Å²) in [5.41, 5.74) is 7.54. The van der Waals surface area contributed by atoms with Crippen molar-refractivity contribution in [3.05, 3.63) is 29.6 Å². The van der Waals surface area contributed by atoms with Crippen LogP contribution in [0.25, 0.3) is 0 Å². The van der Waals surface area contributed by atoms with Crippen molar-refractivity contribution in [3.8, 4) is 0 Å². The van der Waals surface area contributed by atoms with Gasteiger partial charge in [0.2, 0.25) is 0 Å². The summed E-state index contributed by atoms with van der Waals surface area (Å²) in [6, 6.07) is 4.53. The molecule has 2 N–H and O–H groups in total. The van der Waals surface area contributed by atoms with Crippen molar-refractivity contribution in [1.82, 2.24) is 9.88 Å². The Bertz CT molecular complexity index is 418. The van der Waals surface area contributed by atoms with Crippen LogP contribution in [0.2, 0.25) is 0 Å². The molecule has 1 fully saturated rings. The van der Waals surface area contributed by atoms with Gasteiger partial charge in [-0.15, -0.1) is 0 Å². The van der Waals surface area contributed by atoms with Gasteiger partial charge in [-0.1, -0.05) is 18.3 Å². The highest BCUT2D eigenvalue weighted by atomic mass is 32.1. The third kappa shape index (κ3) is 3.25. The standard InChI is InChI=1S/C13H19N3OS/c1-16(11-4-7-17-8-5-11)9-10-3-2-6-15-12(10)13(14)18/h2-3,6,11H,4-5,7-9H2,1H3,(H2,14,18). The summed E-state index contributed by atoms with van der Waals surface area (Å²) in [5, 5.41) is 0. The van der Waals surface area contributed by atoms with Crippen molar-refractivity contribution < 1.29 is 4.74 Å². The van der Waals surface area contributed by atoms with E-state index in [2.05, 4.69) is 16.9 Å². The third-order valence-electron chi connectivity index (χ3n) is 3.36. The molecule has 0 amide bonds. The number of thiocarbonyl (C=S) groups is 1. The van der Waals surface area contributed by atoms with Gasteiger partial charge in [-0.05, 0) is 31.5 Å². The average Bonchev–Trinajstić information content (AvgIpc) is 2.40. The predicted molar refractivity (Wildman–Crippen MR) is 75.4 cm³/mol. The minimum atomic E-state index is 0.367. The maximum absolute atomic E-state index is 5.70. The number of nitrogens with two attached hydrogens (primary N) is 1. The molecule has 1 aromatic heterocycles. The molecule has 18 heavy (non-hydrogen) atoms. The molecule has 98 valence electrons. The van der Waals surface area contributed by atoms with Gasteiger partial charge >= 0.3 is 0 Å². The molecule has 0 atom stereocenters. The molecule has 1 aliphatic rings. The first-order chi connectivity index (χ1) is 8.68. The van der Waals surface area contributed by atoms with E-state index in [9.17, 15) is 0 Å². The second-order valence-electron chi connectivity index (χ2n) is 4.63. The fraction of sp³-hybridized carbons (Fsp3) is 0.538. The number of aromatic nitrogens is 1. The van der Waals surface area contributed by atoms with Gasteiger partial charge in [0.15, 0.2) is 0 Å². The zero-order valence-corrected chi connectivity index (χ0v) is 11.4. The smallest absolute Gasteiger partial charge is 0.123 e. The lowest BCUT2D eigenvalue weighted by Crippen LogP contribution is -2.36. The predicted octanol–water partition coefficient (Wildman–Crippen LogP) is 1.33. The second-order valence-corrected chi connectivity index (χ2v) is 5.07. The number of rotatable bonds is 4. The van der Waals surface area contributed by atoms with E-state index in [1.165, 1.54) is 0 Å². The van der Waals surface area contributed by atoms with Crippen molar-refractivity contribution in [1.29, 1.82) is 0 Å². The lowest BCUT2D eigenvalue weighted by Gasteiger charge is -2.31. The molecule has 2 heterocycles. The summed E-state index contributed by atoms with van der Waals surface area (Å²) in [4.78, 5) is 6.96. The number of hydrogen-bond acceptors (Lipinski definition) is 4. The molecular weight excluding hydrogens is 246 g/mol. The SMILES string of the molecule is CN(Cc1cccnc1C(N)=S)C1CCOCC1. The largest absolute Gasteiger partial charge is 0.388 e. The molecule has 0 saturated carbocycles. The number of pyridine rings is 1. The fourth-order valence-corrected chi connectivity index (χ4v) is 2.50. The molecule has 1 aromatic rings. The Labute approximate surface area is 113 Å². The Balaban J connectivity index is 2.06. The van der Waals surface area contributed by atoms with E-state index >= 15 is 0 Å². The van der Waals surface area contributed by atoms with Gasteiger partial charge in [0, 0.05) is 32.0 Å². The third-order valence-corrected chi connectivity index (χ3v) is 3.55. The Kier molecular flexibility index (Phi) is 4.63. The lowest BCUT2D eigenvalue weighted by molar-refractivity contribution is 0.0406. The maximum atomic E-state index is 5.70. The van der Waals surface area contributed by atoms with Crippen LogP contribution < -0.4 is 5.73 Å². The maximum Gasteiger partial charge on any atom is 0.123 e. The van der Waals surface area contributed by atoms with Crippen LogP contribution in [0.4, 0.5) is 0 Å². The van der Waals surface area contributed by atoms with Crippen molar-refractivity contribution in [2.75, 3.05) is 20.3 Å². The molecule has 2 rings (SSSR count). The van der Waals surface area contributed by atoms with Gasteiger partial charge in [0.05, 0.1) is 0 Å². The van der Waals surface area contributed by atoms with Gasteiger partial charge in [-0.3, -0.25) is 9.88 Å². The van der Waals surface area contributed by atoms with Crippen LogP contribution in [-0.2, 0) is 11.3 Å². The van der Waals surface area contributed by atoms with Crippen LogP contribution in [0.1, 0.15) is 24.1 Å². The Hall–Kier alpha value is -1.04. The lowest BCUT2D eigenvalue weighted by atomic mass is 10.1. The normalized spacial score (nSPS) is 17.0. The molecule has 4 nitrogen and oxygen atoms in total. The van der Waals surface area contributed by atoms with E-state index in [1.807, 2.05) is 12.1 Å². The van der Waals surface area contributed by atoms with Gasteiger partial charge in [0.25, 0.3) is 0 Å². The first-order valence-corrected chi connectivity index (χ1v) is 6.61. The zero-order chi connectivity index (χ0) is 13.0. The van der Waals surface area contributed by atoms with Gasteiger partial charge in [-0.25, -0.2) is 0 Å². The molecule has 0 spiro atoms. The molecule has 0 radical (unpaired) electrons. The molecule has 1 aliphatic heterocycles. The van der Waals surface area contributed by atoms with E-state index < -0.39 is 0 Å². The number of nitrogens with zero attached hydrogens (tertiary/aromatic N) is 2. The molecule has 0 unspecified atom stereocenters. The van der Waals surface area contributed by atoms with Gasteiger partial charge in [0.1, 0.15) is 10.7 Å². The summed E-state index contributed by atoms with van der Waals surface area (Å²) in [7, 11) is 2.13. The average molecular weight is 265 g/mol. The van der Waals surface area contributed by atoms with Crippen LogP contribution in [0.15, 0.2) is 18.3 Å². The van der Waals surface area contributed by atoms with Crippen LogP contribution in [0.3, 0.4) is 0 Å². The Morgan fingerprint density at radius 1 is 1.56 bits per heavy atom. The van der Waals surface area contributed by atoms with E-state index in [-0.39, 0.29) is 0 Å². The molecule has 5 heteroatoms. The van der Waals surface area contributed by atoms with Crippen LogP contribution in [-0.4, -0.2) is 41.2 Å². The second kappa shape index (κ2) is 6.22. The first kappa shape index (κ1) is 13.4. The highest BCUT2D eigenvalue weighted by molar-refractivity contribution is 7.80. The molecule has 0 aromatic carbocycles. The first-order valence-electron chi connectivity index (χ1n) is 6.20. The number of hydrogen-bond donors (Lipinski definition) is 1. The van der Waals surface area contributed by atoms with Crippen molar-refractivity contribution in [2.45, 2.75) is 25.4 Å². The minimum Gasteiger partial charge on any atom is -0.388 e. The topological polar surface area (TPSA) is 51.4 Å². The highest BCUT2D eigenvalue weighted by Gasteiger charge is 2.19. The van der Waals surface area contributed by atoms with Gasteiger partial charge < -0.3 is 10.5 Å². The summed E-state index contributed by atoms with van der Waals surface area (Å²) < 4.78 is 5.38. The molecule has 0 aliphatic carbocycles. The molecule has 0 bridgehead atoms. The molecule has 1 saturated heterocycles. The summed E-state index contributed by atoms with van der Waals surface area (Å²) in [5.74, 6) is 0. The highest BCUT2D eigenvalue weighted by Crippen LogP contribution is 2.16. The van der Waals surface area contributed by atoms with Crippen molar-refractivity contribution in [2.24, 2.45) is 5.73 Å². The fourth-order valence-electron chi connectivity index (χ4n) is 2.31. The zero-order valence-electron chi connectivity index (χ0n) is 10.6. The summed E-state index contributed by atoms with van der Waals surface area (Å²) in [6.07, 6.45) is 3.89. The van der Waals surface area contributed by atoms with Crippen LogP contribution >= 0.6 is 12.2 Å². The number of ether oxygens (including phenoxy) is 1. The van der Waals surface area contributed by atoms with Crippen LogP contribution in [0.5, 0.6) is 0 Å². The monoisotopic (exact) mass is 265 g/mol. The quantitative estimate of drug-likeness (QED) is 0.832. The van der Waals surface area contributed by atoms with Crippen LogP contribution in [0, 0.1) is 0 Å². The molecular formula is C13H19N3OS. The summed E-state index contributed by atoms with van der Waals surface area (Å²) >= 11 is 5.04. The van der Waals surface area contributed by atoms with Gasteiger partial charge in [-0.2, -0.15) is 0 Å². The van der Waals surface area contributed by atoms with E-state index in [0.29, 0.717) is 11.0 Å². The summed E-state index contributed by atoms with van der Waals surface area (Å²) in [6.45, 7) is 2.53. The Morgan fingerprint density at radius 2 is 2.28 bits per heavy atom.